The molecule has 2 aliphatic rings. The molecule has 3 aromatic heterocycles. The number of anilines is 1. The van der Waals surface area contributed by atoms with Crippen LogP contribution in [0.5, 0.6) is 0 Å². The number of carbonyl (C=O) groups excluding carboxylic acids is 2. The smallest absolute Gasteiger partial charge is 0.262 e. The molecule has 5 rings (SSSR count). The highest BCUT2D eigenvalue weighted by Crippen LogP contribution is 2.34. The Kier molecular flexibility index (Phi) is 5.48. The quantitative estimate of drug-likeness (QED) is 0.553. The number of rotatable bonds is 6. The number of nitrogens with one attached hydrogen (secondary N) is 1. The highest BCUT2D eigenvalue weighted by atomic mass is 16.5. The van der Waals surface area contributed by atoms with E-state index >= 15 is 0 Å². The van der Waals surface area contributed by atoms with Gasteiger partial charge in [-0.15, -0.1) is 0 Å². The van der Waals surface area contributed by atoms with Crippen LogP contribution in [-0.2, 0) is 15.2 Å². The normalized spacial score (nSPS) is 20.9. The van der Waals surface area contributed by atoms with Gasteiger partial charge in [-0.1, -0.05) is 11.2 Å². The van der Waals surface area contributed by atoms with Gasteiger partial charge in [-0.2, -0.15) is 0 Å². The Morgan fingerprint density at radius 2 is 1.88 bits per heavy atom. The van der Waals surface area contributed by atoms with E-state index in [-0.39, 0.29) is 18.1 Å². The molecule has 2 fully saturated rings. The minimum Gasteiger partial charge on any atom is -0.373 e. The van der Waals surface area contributed by atoms with Crippen molar-refractivity contribution < 1.29 is 19.2 Å². The fraction of sp³-hybridized carbons (Fsp3) is 0.391. The van der Waals surface area contributed by atoms with Crippen molar-refractivity contribution in [2.45, 2.75) is 31.4 Å². The van der Waals surface area contributed by atoms with Gasteiger partial charge in [0.2, 0.25) is 17.5 Å². The van der Waals surface area contributed by atoms with Crippen molar-refractivity contribution in [3.63, 3.8) is 0 Å². The highest BCUT2D eigenvalue weighted by Gasteiger charge is 2.48. The molecular formula is C23H25N7O4. The van der Waals surface area contributed by atoms with Crippen LogP contribution in [0.1, 0.15) is 25.5 Å². The van der Waals surface area contributed by atoms with Crippen LogP contribution in [0.4, 0.5) is 5.95 Å². The number of hydrogen-bond donors (Lipinski definition) is 2. The zero-order chi connectivity index (χ0) is 23.9. The summed E-state index contributed by atoms with van der Waals surface area (Å²) < 4.78 is 5.33. The zero-order valence-electron chi connectivity index (χ0n) is 18.9. The molecule has 11 nitrogen and oxygen atoms in total. The van der Waals surface area contributed by atoms with Crippen LogP contribution in [0.25, 0.3) is 22.8 Å². The number of aromatic nitrogens is 4. The first-order chi connectivity index (χ1) is 16.3. The van der Waals surface area contributed by atoms with Crippen molar-refractivity contribution in [3.8, 4) is 22.8 Å². The van der Waals surface area contributed by atoms with Gasteiger partial charge in [0.25, 0.3) is 5.91 Å². The Morgan fingerprint density at radius 1 is 1.15 bits per heavy atom. The van der Waals surface area contributed by atoms with E-state index < -0.39 is 17.6 Å². The summed E-state index contributed by atoms with van der Waals surface area (Å²) >= 11 is 0. The van der Waals surface area contributed by atoms with Crippen LogP contribution in [0.3, 0.4) is 0 Å². The van der Waals surface area contributed by atoms with Gasteiger partial charge >= 0.3 is 0 Å². The minimum absolute atomic E-state index is 0.0239. The zero-order valence-corrected chi connectivity index (χ0v) is 18.9. The first kappa shape index (κ1) is 22.0. The summed E-state index contributed by atoms with van der Waals surface area (Å²) in [6, 6.07) is 8.19. The second kappa shape index (κ2) is 8.49. The van der Waals surface area contributed by atoms with Gasteiger partial charge in [0.15, 0.2) is 5.76 Å². The van der Waals surface area contributed by atoms with E-state index in [0.29, 0.717) is 35.3 Å². The molecule has 2 unspecified atom stereocenters. The topological polar surface area (TPSA) is 138 Å². The van der Waals surface area contributed by atoms with Gasteiger partial charge in [0.1, 0.15) is 11.7 Å². The molecule has 0 aromatic carbocycles. The molecule has 0 radical (unpaired) electrons. The maximum atomic E-state index is 12.4. The monoisotopic (exact) mass is 463 g/mol. The number of pyridine rings is 1. The van der Waals surface area contributed by atoms with Crippen LogP contribution in [0.15, 0.2) is 41.1 Å². The average molecular weight is 463 g/mol. The third-order valence-electron chi connectivity index (χ3n) is 6.24. The minimum atomic E-state index is -1.71. The average Bonchev–Trinajstić information content (AvgIpc) is 3.41. The van der Waals surface area contributed by atoms with E-state index in [1.807, 2.05) is 0 Å². The standard InChI is InChI=1S/C23H25N7O4/c1-14(20(31)30-10-4-11-30)25-22-24-9-7-17(27-22)15-5-3-6-16(26-15)18-13-19(34-28-18)23(33)8-12-29(2)21(23)32/h3,5-7,9,13-14,33H,4,8,10-12H2,1-2H3,(H,24,25,27). The Bertz CT molecular complexity index is 1240. The fourth-order valence-electron chi connectivity index (χ4n) is 4.03. The number of hydrogen-bond acceptors (Lipinski definition) is 9. The highest BCUT2D eigenvalue weighted by molar-refractivity contribution is 5.87. The molecule has 2 N–H and O–H groups in total. The van der Waals surface area contributed by atoms with E-state index in [1.54, 1.807) is 55.4 Å². The van der Waals surface area contributed by atoms with Gasteiger partial charge in [-0.3, -0.25) is 9.59 Å². The second-order valence-corrected chi connectivity index (χ2v) is 8.63. The van der Waals surface area contributed by atoms with Crippen molar-refractivity contribution in [1.82, 2.24) is 29.9 Å². The van der Waals surface area contributed by atoms with E-state index in [1.165, 1.54) is 4.90 Å². The Balaban J connectivity index is 1.36. The summed E-state index contributed by atoms with van der Waals surface area (Å²) in [5.74, 6) is 0.0369. The Morgan fingerprint density at radius 3 is 2.56 bits per heavy atom. The van der Waals surface area contributed by atoms with Crippen LogP contribution in [-0.4, -0.2) is 79.6 Å². The molecular weight excluding hydrogens is 438 g/mol. The van der Waals surface area contributed by atoms with Gasteiger partial charge in [0, 0.05) is 45.4 Å². The summed E-state index contributed by atoms with van der Waals surface area (Å²) in [5, 5.41) is 17.9. The maximum Gasteiger partial charge on any atom is 0.262 e. The summed E-state index contributed by atoms with van der Waals surface area (Å²) in [6.07, 6.45) is 2.87. The van der Waals surface area contributed by atoms with Gasteiger partial charge in [0.05, 0.1) is 17.1 Å². The van der Waals surface area contributed by atoms with Crippen molar-refractivity contribution in [2.75, 3.05) is 32.0 Å². The lowest BCUT2D eigenvalue weighted by molar-refractivity contribution is -0.144. The van der Waals surface area contributed by atoms with Crippen molar-refractivity contribution in [3.05, 3.63) is 42.3 Å². The van der Waals surface area contributed by atoms with Crippen LogP contribution in [0.2, 0.25) is 0 Å². The molecule has 2 amide bonds. The Labute approximate surface area is 195 Å². The molecule has 3 aromatic rings. The van der Waals surface area contributed by atoms with E-state index in [4.69, 9.17) is 4.52 Å². The lowest BCUT2D eigenvalue weighted by Crippen LogP contribution is -2.48. The third kappa shape index (κ3) is 3.87. The second-order valence-electron chi connectivity index (χ2n) is 8.63. The molecule has 0 spiro atoms. The van der Waals surface area contributed by atoms with Crippen LogP contribution >= 0.6 is 0 Å². The predicted molar refractivity (Wildman–Crippen MR) is 121 cm³/mol. The SMILES string of the molecule is CC(Nc1nccc(-c2cccc(-c3cc(C4(O)CCN(C)C4=O)on3)n2)n1)C(=O)N1CCC1. The summed E-state index contributed by atoms with van der Waals surface area (Å²) in [7, 11) is 1.63. The summed E-state index contributed by atoms with van der Waals surface area (Å²) in [4.78, 5) is 41.3. The molecule has 0 saturated carbocycles. The van der Waals surface area contributed by atoms with Crippen molar-refractivity contribution >= 4 is 17.8 Å². The lowest BCUT2D eigenvalue weighted by Gasteiger charge is -2.33. The lowest BCUT2D eigenvalue weighted by atomic mass is 9.98. The molecule has 2 aliphatic heterocycles. The number of likely N-dealkylation sites (N-methyl/N-ethyl adjacent to an activating group) is 1. The first-order valence-electron chi connectivity index (χ1n) is 11.2. The van der Waals surface area contributed by atoms with Crippen LogP contribution < -0.4 is 5.32 Å². The summed E-state index contributed by atoms with van der Waals surface area (Å²) in [5.41, 5.74) is 0.329. The fourth-order valence-corrected chi connectivity index (χ4v) is 4.03. The molecule has 2 atom stereocenters. The number of amides is 2. The van der Waals surface area contributed by atoms with E-state index in [2.05, 4.69) is 25.4 Å². The maximum absolute atomic E-state index is 12.4. The number of likely N-dealkylation sites (tertiary alicyclic amines) is 2. The largest absolute Gasteiger partial charge is 0.373 e. The molecule has 176 valence electrons. The predicted octanol–water partition coefficient (Wildman–Crippen LogP) is 1.28. The third-order valence-corrected chi connectivity index (χ3v) is 6.24. The molecule has 5 heterocycles. The molecule has 0 aliphatic carbocycles. The first-order valence-corrected chi connectivity index (χ1v) is 11.2. The van der Waals surface area contributed by atoms with E-state index in [0.717, 1.165) is 19.5 Å². The molecule has 0 bridgehead atoms. The van der Waals surface area contributed by atoms with E-state index in [9.17, 15) is 14.7 Å². The molecule has 2 saturated heterocycles. The summed E-state index contributed by atoms with van der Waals surface area (Å²) in [6.45, 7) is 3.80. The number of carbonyl (C=O) groups is 2. The Hall–Kier alpha value is -3.86. The van der Waals surface area contributed by atoms with Crippen LogP contribution in [0, 0.1) is 0 Å². The van der Waals surface area contributed by atoms with Gasteiger partial charge in [-0.05, 0) is 31.5 Å². The molecule has 34 heavy (non-hydrogen) atoms. The number of aliphatic hydroxyl groups is 1. The van der Waals surface area contributed by atoms with Gasteiger partial charge in [-0.25, -0.2) is 15.0 Å². The van der Waals surface area contributed by atoms with Gasteiger partial charge < -0.3 is 24.7 Å². The van der Waals surface area contributed by atoms with Crippen molar-refractivity contribution in [1.29, 1.82) is 0 Å². The number of nitrogens with zero attached hydrogens (tertiary/aromatic N) is 6. The molecule has 11 heteroatoms. The van der Waals surface area contributed by atoms with Crippen molar-refractivity contribution in [2.24, 2.45) is 0 Å².